The molecule has 0 saturated carbocycles. The van der Waals surface area contributed by atoms with Gasteiger partial charge in [0.25, 0.3) is 5.92 Å². The Hall–Kier alpha value is -3.68. The molecule has 0 amide bonds. The van der Waals surface area contributed by atoms with Gasteiger partial charge in [0.1, 0.15) is 19.1 Å². The Labute approximate surface area is 235 Å². The number of nitrogens with two attached hydrogens (primary N) is 1. The summed E-state index contributed by atoms with van der Waals surface area (Å²) in [5.41, 5.74) is 9.20. The second-order valence-electron chi connectivity index (χ2n) is 8.78. The Balaban J connectivity index is 1.52. The number of allylic oxidation sites excluding steroid dienone is 2. The SMILES string of the molecule is COP(=O)(O)OCN/C=C\C=C(/CN)c1cc(Cc2ccc(OCc3nccc(OCC(C)(F)F)c3C)nc2)no1. The normalized spacial score (nSPS) is 13.8. The van der Waals surface area contributed by atoms with Crippen LogP contribution in [0.25, 0.3) is 5.57 Å². The molecular weight excluding hydrogens is 563 g/mol. The molecule has 0 aliphatic rings. The average molecular weight is 596 g/mol. The molecule has 222 valence electrons. The lowest BCUT2D eigenvalue weighted by molar-refractivity contribution is -0.0232. The third kappa shape index (κ3) is 10.7. The molecule has 0 spiro atoms. The van der Waals surface area contributed by atoms with Crippen LogP contribution in [0.1, 0.15) is 35.2 Å². The third-order valence-corrected chi connectivity index (χ3v) is 6.34. The minimum atomic E-state index is -4.04. The summed E-state index contributed by atoms with van der Waals surface area (Å²) in [5, 5.41) is 6.78. The molecule has 1 unspecified atom stereocenters. The van der Waals surface area contributed by atoms with E-state index in [2.05, 4.69) is 29.5 Å². The van der Waals surface area contributed by atoms with E-state index in [1.54, 1.807) is 37.4 Å². The first-order chi connectivity index (χ1) is 19.5. The van der Waals surface area contributed by atoms with E-state index in [-0.39, 0.29) is 19.9 Å². The zero-order chi connectivity index (χ0) is 29.9. The van der Waals surface area contributed by atoms with Gasteiger partial charge in [-0.3, -0.25) is 14.0 Å². The quantitative estimate of drug-likeness (QED) is 0.0940. The smallest absolute Gasteiger partial charge is 0.473 e. The van der Waals surface area contributed by atoms with E-state index in [1.165, 1.54) is 18.5 Å². The van der Waals surface area contributed by atoms with Crippen molar-refractivity contribution in [3.8, 4) is 11.6 Å². The van der Waals surface area contributed by atoms with Gasteiger partial charge in [-0.25, -0.2) is 18.3 Å². The summed E-state index contributed by atoms with van der Waals surface area (Å²) in [6.45, 7) is 1.84. The van der Waals surface area contributed by atoms with E-state index < -0.39 is 20.4 Å². The third-order valence-electron chi connectivity index (χ3n) is 5.43. The number of phosphoric ester groups is 1. The first-order valence-electron chi connectivity index (χ1n) is 12.3. The number of aromatic nitrogens is 3. The molecule has 4 N–H and O–H groups in total. The van der Waals surface area contributed by atoms with Gasteiger partial charge in [0, 0.05) is 62.7 Å². The number of hydrogen-bond donors (Lipinski definition) is 3. The maximum absolute atomic E-state index is 13.1. The number of halogens is 2. The lowest BCUT2D eigenvalue weighted by Gasteiger charge is -2.15. The standard InChI is InChI=1S/C26H32F2N5O7P/c1-18-22(31-10-8-23(18)38-16-26(2,27)28)15-37-25-7-6-19(14-32-25)11-21-12-24(40-33-21)20(13-29)5-4-9-30-17-39-41(34,35)36-3/h4-10,12,14,30H,11,13,15-17,29H2,1-3H3,(H,34,35)/b9-4-,20-5+. The molecule has 0 fully saturated rings. The van der Waals surface area contributed by atoms with Gasteiger partial charge in [0.05, 0.1) is 11.4 Å². The first-order valence-corrected chi connectivity index (χ1v) is 13.8. The lowest BCUT2D eigenvalue weighted by Crippen LogP contribution is -2.21. The monoisotopic (exact) mass is 595 g/mol. The fourth-order valence-corrected chi connectivity index (χ4v) is 3.61. The summed E-state index contributed by atoms with van der Waals surface area (Å²) in [7, 11) is -2.97. The largest absolute Gasteiger partial charge is 0.487 e. The molecule has 3 aromatic rings. The van der Waals surface area contributed by atoms with Gasteiger partial charge in [0.2, 0.25) is 5.88 Å². The fraction of sp³-hybridized carbons (Fsp3) is 0.346. The Kier molecular flexibility index (Phi) is 11.5. The topological polar surface area (TPSA) is 164 Å². The van der Waals surface area contributed by atoms with Crippen LogP contribution >= 0.6 is 7.82 Å². The number of pyridine rings is 2. The zero-order valence-corrected chi connectivity index (χ0v) is 23.6. The van der Waals surface area contributed by atoms with Crippen molar-refractivity contribution in [3.05, 3.63) is 83.3 Å². The number of rotatable bonds is 16. The van der Waals surface area contributed by atoms with E-state index in [1.807, 2.05) is 6.07 Å². The Morgan fingerprint density at radius 1 is 1.27 bits per heavy atom. The van der Waals surface area contributed by atoms with E-state index >= 15 is 0 Å². The maximum atomic E-state index is 13.1. The predicted molar refractivity (Wildman–Crippen MR) is 145 cm³/mol. The van der Waals surface area contributed by atoms with Crippen LogP contribution in [0.2, 0.25) is 0 Å². The van der Waals surface area contributed by atoms with Crippen molar-refractivity contribution in [3.63, 3.8) is 0 Å². The van der Waals surface area contributed by atoms with E-state index in [0.29, 0.717) is 46.3 Å². The van der Waals surface area contributed by atoms with E-state index in [0.717, 1.165) is 19.6 Å². The molecule has 0 radical (unpaired) electrons. The number of hydrogen-bond acceptors (Lipinski definition) is 11. The molecular formula is C26H32F2N5O7P. The molecule has 12 nitrogen and oxygen atoms in total. The van der Waals surface area contributed by atoms with Crippen LogP contribution in [0.5, 0.6) is 11.6 Å². The van der Waals surface area contributed by atoms with Crippen LogP contribution in [-0.4, -0.2) is 52.9 Å². The number of nitrogens with one attached hydrogen (secondary N) is 1. The second-order valence-corrected chi connectivity index (χ2v) is 10.3. The van der Waals surface area contributed by atoms with Crippen molar-refractivity contribution in [1.29, 1.82) is 0 Å². The molecule has 3 heterocycles. The number of ether oxygens (including phenoxy) is 2. The number of nitrogens with zero attached hydrogens (tertiary/aromatic N) is 3. The maximum Gasteiger partial charge on any atom is 0.473 e. The van der Waals surface area contributed by atoms with Gasteiger partial charge in [-0.1, -0.05) is 17.3 Å². The van der Waals surface area contributed by atoms with Gasteiger partial charge in [-0.05, 0) is 30.8 Å². The van der Waals surface area contributed by atoms with Gasteiger partial charge >= 0.3 is 7.82 Å². The lowest BCUT2D eigenvalue weighted by atomic mass is 10.1. The van der Waals surface area contributed by atoms with E-state index in [9.17, 15) is 13.3 Å². The molecule has 41 heavy (non-hydrogen) atoms. The highest BCUT2D eigenvalue weighted by atomic mass is 31.2. The van der Waals surface area contributed by atoms with Crippen LogP contribution in [0.3, 0.4) is 0 Å². The van der Waals surface area contributed by atoms with Gasteiger partial charge < -0.3 is 29.9 Å². The van der Waals surface area contributed by atoms with Crippen molar-refractivity contribution in [1.82, 2.24) is 20.4 Å². The van der Waals surface area contributed by atoms with Crippen LogP contribution in [0.15, 0.2) is 59.5 Å². The van der Waals surface area contributed by atoms with Gasteiger partial charge in [-0.15, -0.1) is 0 Å². The Bertz CT molecular complexity index is 1380. The minimum absolute atomic E-state index is 0.0884. The Morgan fingerprint density at radius 2 is 2.07 bits per heavy atom. The first kappa shape index (κ1) is 31.8. The van der Waals surface area contributed by atoms with Crippen LogP contribution < -0.4 is 20.5 Å². The van der Waals surface area contributed by atoms with Gasteiger partial charge in [-0.2, -0.15) is 0 Å². The second kappa shape index (κ2) is 14.8. The molecule has 0 aromatic carbocycles. The van der Waals surface area contributed by atoms with Crippen LogP contribution in [-0.2, 0) is 26.6 Å². The fourth-order valence-electron chi connectivity index (χ4n) is 3.27. The van der Waals surface area contributed by atoms with Crippen LogP contribution in [0, 0.1) is 6.92 Å². The highest BCUT2D eigenvalue weighted by molar-refractivity contribution is 7.47. The summed E-state index contributed by atoms with van der Waals surface area (Å²) >= 11 is 0. The summed E-state index contributed by atoms with van der Waals surface area (Å²) in [6, 6.07) is 6.85. The summed E-state index contributed by atoms with van der Waals surface area (Å²) in [4.78, 5) is 17.7. The van der Waals surface area contributed by atoms with Crippen molar-refractivity contribution < 1.29 is 41.3 Å². The molecule has 15 heteroatoms. The van der Waals surface area contributed by atoms with Crippen molar-refractivity contribution in [2.75, 3.05) is 27.0 Å². The number of phosphoric acid groups is 1. The average Bonchev–Trinajstić information content (AvgIpc) is 3.40. The molecule has 0 aliphatic heterocycles. The van der Waals surface area contributed by atoms with Crippen LogP contribution in [0.4, 0.5) is 8.78 Å². The Morgan fingerprint density at radius 3 is 2.76 bits per heavy atom. The summed E-state index contributed by atoms with van der Waals surface area (Å²) in [6.07, 6.45) is 8.43. The number of alkyl halides is 2. The highest BCUT2D eigenvalue weighted by Crippen LogP contribution is 2.41. The molecule has 1 atom stereocenters. The predicted octanol–water partition coefficient (Wildman–Crippen LogP) is 4.14. The minimum Gasteiger partial charge on any atom is -0.487 e. The zero-order valence-electron chi connectivity index (χ0n) is 22.8. The van der Waals surface area contributed by atoms with Crippen molar-refractivity contribution in [2.45, 2.75) is 32.8 Å². The molecule has 3 rings (SSSR count). The van der Waals surface area contributed by atoms with Crippen molar-refractivity contribution in [2.24, 2.45) is 5.73 Å². The summed E-state index contributed by atoms with van der Waals surface area (Å²) < 4.78 is 62.8. The highest BCUT2D eigenvalue weighted by Gasteiger charge is 2.23. The molecule has 0 bridgehead atoms. The summed E-state index contributed by atoms with van der Waals surface area (Å²) in [5.74, 6) is -1.76. The van der Waals surface area contributed by atoms with Gasteiger partial charge in [0.15, 0.2) is 12.4 Å². The molecule has 0 aliphatic carbocycles. The molecule has 0 saturated heterocycles. The van der Waals surface area contributed by atoms with Crippen molar-refractivity contribution >= 4 is 13.4 Å². The molecule has 3 aromatic heterocycles. The van der Waals surface area contributed by atoms with E-state index in [4.69, 9.17) is 24.6 Å².